The zero-order valence-electron chi connectivity index (χ0n) is 12.6. The van der Waals surface area contributed by atoms with Crippen molar-refractivity contribution in [2.24, 2.45) is 5.10 Å². The Morgan fingerprint density at radius 3 is 2.35 bits per heavy atom. The number of para-hydroxylation sites is 1. The molecule has 2 aromatic carbocycles. The number of nitrogens with zero attached hydrogens (tertiary/aromatic N) is 2. The van der Waals surface area contributed by atoms with Crippen LogP contribution in [0.2, 0.25) is 0 Å². The molecule has 1 aliphatic heterocycles. The van der Waals surface area contributed by atoms with Crippen LogP contribution in [0, 0.1) is 0 Å². The largest absolute Gasteiger partial charge is 0.347 e. The van der Waals surface area contributed by atoms with Crippen LogP contribution in [0.4, 0.5) is 5.69 Å². The first-order chi connectivity index (χ1) is 11.2. The third-order valence-electron chi connectivity index (χ3n) is 3.59. The van der Waals surface area contributed by atoms with Crippen molar-refractivity contribution < 1.29 is 9.59 Å². The van der Waals surface area contributed by atoms with E-state index >= 15 is 0 Å². The topological polar surface area (TPSA) is 61.8 Å². The van der Waals surface area contributed by atoms with Crippen molar-refractivity contribution in [1.29, 1.82) is 0 Å². The zero-order valence-corrected chi connectivity index (χ0v) is 12.6. The van der Waals surface area contributed by atoms with Crippen molar-refractivity contribution in [3.05, 3.63) is 66.2 Å². The maximum Gasteiger partial charge on any atom is 0.267 e. The molecule has 1 aliphatic rings. The highest BCUT2D eigenvalue weighted by Crippen LogP contribution is 2.19. The molecule has 0 aliphatic carbocycles. The fourth-order valence-corrected chi connectivity index (χ4v) is 2.37. The molecule has 0 saturated heterocycles. The molecule has 0 aromatic heterocycles. The normalized spacial score (nSPS) is 14.3. The summed E-state index contributed by atoms with van der Waals surface area (Å²) in [5.74, 6) is -0.335. The number of carbonyl (C=O) groups excluding carboxylic acids is 2. The Balaban J connectivity index is 1.71. The van der Waals surface area contributed by atoms with Crippen molar-refractivity contribution in [3.8, 4) is 0 Å². The molecule has 5 heteroatoms. The summed E-state index contributed by atoms with van der Waals surface area (Å²) in [5, 5.41) is 8.39. The molecule has 23 heavy (non-hydrogen) atoms. The summed E-state index contributed by atoms with van der Waals surface area (Å²) in [4.78, 5) is 24.3. The van der Waals surface area contributed by atoms with Gasteiger partial charge in [-0.1, -0.05) is 48.5 Å². The summed E-state index contributed by atoms with van der Waals surface area (Å²) in [6, 6.07) is 18.8. The zero-order chi connectivity index (χ0) is 16.1. The highest BCUT2D eigenvalue weighted by atomic mass is 16.2. The summed E-state index contributed by atoms with van der Waals surface area (Å²) in [6.07, 6.45) is 0.648. The minimum absolute atomic E-state index is 0.101. The lowest BCUT2D eigenvalue weighted by molar-refractivity contribution is -0.119. The van der Waals surface area contributed by atoms with Crippen molar-refractivity contribution >= 4 is 23.2 Å². The Bertz CT molecular complexity index is 726. The van der Waals surface area contributed by atoms with Crippen LogP contribution in [-0.2, 0) is 16.1 Å². The van der Waals surface area contributed by atoms with Crippen LogP contribution in [0.25, 0.3) is 0 Å². The smallest absolute Gasteiger partial charge is 0.267 e. The second-order valence-corrected chi connectivity index (χ2v) is 5.26. The summed E-state index contributed by atoms with van der Waals surface area (Å²) >= 11 is 0. The number of hydrazone groups is 1. The minimum atomic E-state index is -0.234. The molecule has 0 bridgehead atoms. The van der Waals surface area contributed by atoms with E-state index in [0.29, 0.717) is 24.4 Å². The highest BCUT2D eigenvalue weighted by Gasteiger charge is 2.25. The number of rotatable bonds is 4. The lowest BCUT2D eigenvalue weighted by Crippen LogP contribution is -2.38. The van der Waals surface area contributed by atoms with Crippen LogP contribution in [0.1, 0.15) is 18.4 Å². The molecule has 0 radical (unpaired) electrons. The van der Waals surface area contributed by atoms with Crippen molar-refractivity contribution in [3.63, 3.8) is 0 Å². The number of nitrogens with one attached hydrogen (secondary N) is 1. The molecule has 5 nitrogen and oxygen atoms in total. The maximum absolute atomic E-state index is 12.3. The van der Waals surface area contributed by atoms with Gasteiger partial charge in [-0.15, -0.1) is 0 Å². The van der Waals surface area contributed by atoms with Crippen LogP contribution in [0.15, 0.2) is 65.8 Å². The average molecular weight is 307 g/mol. The van der Waals surface area contributed by atoms with E-state index < -0.39 is 0 Å². The van der Waals surface area contributed by atoms with Crippen LogP contribution < -0.4 is 10.3 Å². The van der Waals surface area contributed by atoms with Crippen LogP contribution in [0.3, 0.4) is 0 Å². The Hall–Kier alpha value is -2.95. The number of hydrogen-bond acceptors (Lipinski definition) is 3. The number of carbonyl (C=O) groups is 2. The standard InChI is InChI=1S/C18H17N3O2/c22-17-12-11-16(20-21(17)15-9-5-2-6-10-15)18(23)19-13-14-7-3-1-4-8-14/h1-10H,11-13H2,(H,19,23). The van der Waals surface area contributed by atoms with E-state index in [1.807, 2.05) is 48.5 Å². The monoisotopic (exact) mass is 307 g/mol. The molecule has 0 spiro atoms. The van der Waals surface area contributed by atoms with E-state index in [-0.39, 0.29) is 18.2 Å². The molecule has 0 unspecified atom stereocenters. The van der Waals surface area contributed by atoms with E-state index in [9.17, 15) is 9.59 Å². The van der Waals surface area contributed by atoms with Gasteiger partial charge in [-0.05, 0) is 17.7 Å². The van der Waals surface area contributed by atoms with E-state index in [0.717, 1.165) is 5.56 Å². The van der Waals surface area contributed by atoms with Gasteiger partial charge in [-0.25, -0.2) is 5.01 Å². The molecule has 2 aromatic rings. The first-order valence-corrected chi connectivity index (χ1v) is 7.51. The first kappa shape index (κ1) is 15.0. The molecule has 1 heterocycles. The van der Waals surface area contributed by atoms with E-state index in [4.69, 9.17) is 0 Å². The Labute approximate surface area is 134 Å². The first-order valence-electron chi connectivity index (χ1n) is 7.51. The van der Waals surface area contributed by atoms with Crippen molar-refractivity contribution in [2.75, 3.05) is 5.01 Å². The van der Waals surface area contributed by atoms with Gasteiger partial charge in [0, 0.05) is 19.4 Å². The van der Waals surface area contributed by atoms with Crippen molar-refractivity contribution in [1.82, 2.24) is 5.32 Å². The summed E-state index contributed by atoms with van der Waals surface area (Å²) in [7, 11) is 0. The summed E-state index contributed by atoms with van der Waals surface area (Å²) in [5.41, 5.74) is 2.07. The van der Waals surface area contributed by atoms with Crippen LogP contribution >= 0.6 is 0 Å². The summed E-state index contributed by atoms with van der Waals surface area (Å²) in [6.45, 7) is 0.442. The van der Waals surface area contributed by atoms with Gasteiger partial charge in [0.1, 0.15) is 5.71 Å². The van der Waals surface area contributed by atoms with Crippen LogP contribution in [0.5, 0.6) is 0 Å². The van der Waals surface area contributed by atoms with E-state index in [1.54, 1.807) is 12.1 Å². The Kier molecular flexibility index (Phi) is 4.47. The number of hydrogen-bond donors (Lipinski definition) is 1. The van der Waals surface area contributed by atoms with Crippen molar-refractivity contribution in [2.45, 2.75) is 19.4 Å². The number of benzene rings is 2. The Morgan fingerprint density at radius 1 is 1.00 bits per heavy atom. The molecule has 3 rings (SSSR count). The SMILES string of the molecule is O=C(NCc1ccccc1)C1=NN(c2ccccc2)C(=O)CC1. The second-order valence-electron chi connectivity index (χ2n) is 5.26. The molecule has 0 fully saturated rings. The fraction of sp³-hybridized carbons (Fsp3) is 0.167. The van der Waals surface area contributed by atoms with Crippen LogP contribution in [-0.4, -0.2) is 17.5 Å². The maximum atomic E-state index is 12.3. The predicted molar refractivity (Wildman–Crippen MR) is 88.9 cm³/mol. The van der Waals surface area contributed by atoms with Gasteiger partial charge in [-0.2, -0.15) is 5.10 Å². The second kappa shape index (κ2) is 6.87. The summed E-state index contributed by atoms with van der Waals surface area (Å²) < 4.78 is 0. The van der Waals surface area contributed by atoms with Gasteiger partial charge >= 0.3 is 0 Å². The predicted octanol–water partition coefficient (Wildman–Crippen LogP) is 2.49. The lowest BCUT2D eigenvalue weighted by Gasteiger charge is -2.23. The number of anilines is 1. The molecule has 116 valence electrons. The Morgan fingerprint density at radius 2 is 1.65 bits per heavy atom. The molecule has 0 saturated carbocycles. The average Bonchev–Trinajstić information content (AvgIpc) is 2.62. The fourth-order valence-electron chi connectivity index (χ4n) is 2.37. The van der Waals surface area contributed by atoms with E-state index in [2.05, 4.69) is 10.4 Å². The minimum Gasteiger partial charge on any atom is -0.347 e. The van der Waals surface area contributed by atoms with Gasteiger partial charge in [0.2, 0.25) is 5.91 Å². The van der Waals surface area contributed by atoms with Gasteiger partial charge < -0.3 is 5.32 Å². The van der Waals surface area contributed by atoms with Gasteiger partial charge in [0.05, 0.1) is 5.69 Å². The lowest BCUT2D eigenvalue weighted by atomic mass is 10.1. The molecule has 2 amide bonds. The number of amides is 2. The molecular weight excluding hydrogens is 290 g/mol. The van der Waals surface area contributed by atoms with Gasteiger partial charge in [0.25, 0.3) is 5.91 Å². The highest BCUT2D eigenvalue weighted by molar-refractivity contribution is 6.40. The van der Waals surface area contributed by atoms with E-state index in [1.165, 1.54) is 5.01 Å². The third kappa shape index (κ3) is 3.63. The molecule has 1 N–H and O–H groups in total. The van der Waals surface area contributed by atoms with Gasteiger partial charge in [-0.3, -0.25) is 9.59 Å². The molecule has 0 atom stereocenters. The molecular formula is C18H17N3O2. The van der Waals surface area contributed by atoms with Gasteiger partial charge in [0.15, 0.2) is 0 Å². The quantitative estimate of drug-likeness (QED) is 0.943. The third-order valence-corrected chi connectivity index (χ3v) is 3.59.